The van der Waals surface area contributed by atoms with Crippen LogP contribution in [0.25, 0.3) is 11.3 Å². The van der Waals surface area contributed by atoms with Crippen LogP contribution in [0.5, 0.6) is 0 Å². The lowest BCUT2D eigenvalue weighted by Crippen LogP contribution is -2.33. The van der Waals surface area contributed by atoms with Gasteiger partial charge in [-0.25, -0.2) is 4.98 Å². The molecule has 1 saturated heterocycles. The monoisotopic (exact) mass is 351 g/mol. The summed E-state index contributed by atoms with van der Waals surface area (Å²) in [6, 6.07) is 10.4. The zero-order valence-electron chi connectivity index (χ0n) is 13.1. The Bertz CT molecular complexity index is 626. The van der Waals surface area contributed by atoms with E-state index in [-0.39, 0.29) is 24.4 Å². The number of amides is 1. The maximum Gasteiger partial charge on any atom is 0.222 e. The quantitative estimate of drug-likeness (QED) is 0.866. The van der Waals surface area contributed by atoms with Gasteiger partial charge in [-0.1, -0.05) is 30.3 Å². The van der Waals surface area contributed by atoms with Gasteiger partial charge in [0.2, 0.25) is 5.91 Å². The predicted octanol–water partition coefficient (Wildman–Crippen LogP) is 3.55. The number of halogens is 1. The zero-order valence-corrected chi connectivity index (χ0v) is 14.8. The van der Waals surface area contributed by atoms with Crippen molar-refractivity contribution in [2.45, 2.75) is 38.3 Å². The largest absolute Gasteiger partial charge is 0.347 e. The molecule has 2 aromatic rings. The number of hydrogen-bond donors (Lipinski definition) is 2. The first-order chi connectivity index (χ1) is 10.7. The van der Waals surface area contributed by atoms with Crippen molar-refractivity contribution in [2.24, 2.45) is 0 Å². The molecule has 6 heteroatoms. The van der Waals surface area contributed by atoms with Gasteiger partial charge in [-0.3, -0.25) is 4.79 Å². The van der Waals surface area contributed by atoms with Crippen LogP contribution in [-0.2, 0) is 4.79 Å². The first-order valence-electron chi connectivity index (χ1n) is 7.76. The third-order valence-electron chi connectivity index (χ3n) is 3.93. The third kappa shape index (κ3) is 4.77. The van der Waals surface area contributed by atoms with Gasteiger partial charge in [0.25, 0.3) is 0 Å². The first-order valence-corrected chi connectivity index (χ1v) is 8.64. The summed E-state index contributed by atoms with van der Waals surface area (Å²) in [6.45, 7) is 3.02. The predicted molar refractivity (Wildman–Crippen MR) is 97.0 cm³/mol. The van der Waals surface area contributed by atoms with Gasteiger partial charge in [0, 0.05) is 23.4 Å². The second-order valence-corrected chi connectivity index (χ2v) is 6.61. The fourth-order valence-electron chi connectivity index (χ4n) is 2.74. The number of hydrogen-bond acceptors (Lipinski definition) is 4. The van der Waals surface area contributed by atoms with E-state index in [1.807, 2.05) is 42.6 Å². The van der Waals surface area contributed by atoms with Gasteiger partial charge in [-0.2, -0.15) is 0 Å². The highest BCUT2D eigenvalue weighted by atomic mass is 35.5. The van der Waals surface area contributed by atoms with E-state index in [0.717, 1.165) is 29.2 Å². The Morgan fingerprint density at radius 3 is 2.91 bits per heavy atom. The molecule has 1 amide bonds. The molecule has 0 aliphatic carbocycles. The summed E-state index contributed by atoms with van der Waals surface area (Å²) >= 11 is 1.60. The van der Waals surface area contributed by atoms with Crippen molar-refractivity contribution in [3.63, 3.8) is 0 Å². The maximum absolute atomic E-state index is 12.1. The van der Waals surface area contributed by atoms with Crippen LogP contribution in [0.4, 0.5) is 0 Å². The second kappa shape index (κ2) is 8.43. The molecule has 1 aromatic heterocycles. The molecule has 4 nitrogen and oxygen atoms in total. The summed E-state index contributed by atoms with van der Waals surface area (Å²) < 4.78 is 0. The standard InChI is InChI=1S/C17H21N3OS.ClH/c1-12(19-16(21)10-14-8-5-9-18-14)17-20-15(11-22-17)13-6-3-2-4-7-13;/h2-4,6-7,11-12,14,18H,5,8-10H2,1H3,(H,19,21);1H. The molecule has 2 unspecified atom stereocenters. The summed E-state index contributed by atoms with van der Waals surface area (Å²) in [7, 11) is 0. The van der Waals surface area contributed by atoms with Crippen molar-refractivity contribution in [2.75, 3.05) is 6.54 Å². The van der Waals surface area contributed by atoms with Crippen molar-refractivity contribution in [1.82, 2.24) is 15.6 Å². The number of thiazole rings is 1. The number of carbonyl (C=O) groups is 1. The molecule has 1 fully saturated rings. The van der Waals surface area contributed by atoms with E-state index in [1.54, 1.807) is 11.3 Å². The van der Waals surface area contributed by atoms with Crippen LogP contribution in [0.1, 0.15) is 37.2 Å². The van der Waals surface area contributed by atoms with Crippen molar-refractivity contribution in [3.8, 4) is 11.3 Å². The van der Waals surface area contributed by atoms with Crippen molar-refractivity contribution in [3.05, 3.63) is 40.7 Å². The molecule has 3 rings (SSSR count). The van der Waals surface area contributed by atoms with Gasteiger partial charge in [0.1, 0.15) is 5.01 Å². The van der Waals surface area contributed by atoms with E-state index >= 15 is 0 Å². The molecule has 0 spiro atoms. The number of nitrogens with one attached hydrogen (secondary N) is 2. The molecule has 0 saturated carbocycles. The molecule has 1 aliphatic rings. The first kappa shape index (κ1) is 17.9. The molecule has 0 bridgehead atoms. The summed E-state index contributed by atoms with van der Waals surface area (Å²) in [5.41, 5.74) is 2.08. The van der Waals surface area contributed by atoms with Crippen LogP contribution in [0.2, 0.25) is 0 Å². The smallest absolute Gasteiger partial charge is 0.222 e. The summed E-state index contributed by atoms with van der Waals surface area (Å²) in [6.07, 6.45) is 2.82. The lowest BCUT2D eigenvalue weighted by atomic mass is 10.1. The number of aromatic nitrogens is 1. The molecular weight excluding hydrogens is 330 g/mol. The maximum atomic E-state index is 12.1. The van der Waals surface area contributed by atoms with Gasteiger partial charge in [-0.15, -0.1) is 23.7 Å². The molecular formula is C17H22ClN3OS. The third-order valence-corrected chi connectivity index (χ3v) is 4.96. The number of benzene rings is 1. The van der Waals surface area contributed by atoms with Gasteiger partial charge >= 0.3 is 0 Å². The Balaban J connectivity index is 0.00000192. The Morgan fingerprint density at radius 1 is 1.43 bits per heavy atom. The van der Waals surface area contributed by atoms with Crippen LogP contribution < -0.4 is 10.6 Å². The minimum atomic E-state index is -0.0450. The van der Waals surface area contributed by atoms with E-state index in [2.05, 4.69) is 15.6 Å². The van der Waals surface area contributed by atoms with Crippen molar-refractivity contribution < 1.29 is 4.79 Å². The zero-order chi connectivity index (χ0) is 15.4. The molecule has 23 heavy (non-hydrogen) atoms. The van der Waals surface area contributed by atoms with E-state index in [9.17, 15) is 4.79 Å². The fraction of sp³-hybridized carbons (Fsp3) is 0.412. The van der Waals surface area contributed by atoms with Gasteiger partial charge in [0.05, 0.1) is 11.7 Å². The van der Waals surface area contributed by atoms with Crippen molar-refractivity contribution in [1.29, 1.82) is 0 Å². The summed E-state index contributed by atoms with van der Waals surface area (Å²) in [4.78, 5) is 16.7. The number of rotatable bonds is 5. The molecule has 0 radical (unpaired) electrons. The lowest BCUT2D eigenvalue weighted by molar-refractivity contribution is -0.122. The highest BCUT2D eigenvalue weighted by Crippen LogP contribution is 2.25. The van der Waals surface area contributed by atoms with E-state index < -0.39 is 0 Å². The minimum Gasteiger partial charge on any atom is -0.347 e. The van der Waals surface area contributed by atoms with Crippen LogP contribution >= 0.6 is 23.7 Å². The van der Waals surface area contributed by atoms with E-state index in [4.69, 9.17) is 0 Å². The molecule has 1 aliphatic heterocycles. The van der Waals surface area contributed by atoms with Crippen LogP contribution in [0, 0.1) is 0 Å². The minimum absolute atomic E-state index is 0. The van der Waals surface area contributed by atoms with Crippen LogP contribution in [0.3, 0.4) is 0 Å². The molecule has 2 atom stereocenters. The number of carbonyl (C=O) groups excluding carboxylic acids is 1. The SMILES string of the molecule is CC(NC(=O)CC1CCCN1)c1nc(-c2ccccc2)cs1.Cl. The van der Waals surface area contributed by atoms with Gasteiger partial charge in [-0.05, 0) is 26.3 Å². The second-order valence-electron chi connectivity index (χ2n) is 5.72. The fourth-order valence-corrected chi connectivity index (χ4v) is 3.58. The Hall–Kier alpha value is -1.43. The van der Waals surface area contributed by atoms with Gasteiger partial charge in [0.15, 0.2) is 0 Å². The summed E-state index contributed by atoms with van der Waals surface area (Å²) in [5.74, 6) is 0.100. The highest BCUT2D eigenvalue weighted by molar-refractivity contribution is 7.10. The lowest BCUT2D eigenvalue weighted by Gasteiger charge is -2.14. The van der Waals surface area contributed by atoms with Crippen LogP contribution in [0.15, 0.2) is 35.7 Å². The van der Waals surface area contributed by atoms with Gasteiger partial charge < -0.3 is 10.6 Å². The molecule has 1 aromatic carbocycles. The Morgan fingerprint density at radius 2 is 2.22 bits per heavy atom. The molecule has 124 valence electrons. The van der Waals surface area contributed by atoms with Crippen molar-refractivity contribution >= 4 is 29.7 Å². The average molecular weight is 352 g/mol. The Labute approximate surface area is 147 Å². The van der Waals surface area contributed by atoms with Crippen LogP contribution in [-0.4, -0.2) is 23.5 Å². The van der Waals surface area contributed by atoms with E-state index in [0.29, 0.717) is 12.5 Å². The normalized spacial score (nSPS) is 18.2. The molecule has 2 heterocycles. The highest BCUT2D eigenvalue weighted by Gasteiger charge is 2.20. The summed E-state index contributed by atoms with van der Waals surface area (Å²) in [5, 5.41) is 9.41. The molecule has 2 N–H and O–H groups in total. The number of nitrogens with zero attached hydrogens (tertiary/aromatic N) is 1. The Kier molecular flexibility index (Phi) is 6.57. The topological polar surface area (TPSA) is 54.0 Å². The average Bonchev–Trinajstić information content (AvgIpc) is 3.19. The van der Waals surface area contributed by atoms with E-state index in [1.165, 1.54) is 6.42 Å².